The lowest BCUT2D eigenvalue weighted by Crippen LogP contribution is -2.47. The van der Waals surface area contributed by atoms with Gasteiger partial charge in [-0.15, -0.1) is 0 Å². The van der Waals surface area contributed by atoms with Gasteiger partial charge in [-0.3, -0.25) is 0 Å². The van der Waals surface area contributed by atoms with E-state index in [4.69, 9.17) is 9.47 Å². The van der Waals surface area contributed by atoms with Gasteiger partial charge in [0.1, 0.15) is 5.82 Å². The fourth-order valence-corrected chi connectivity index (χ4v) is 3.69. The minimum Gasteiger partial charge on any atom is -0.381 e. The van der Waals surface area contributed by atoms with Crippen molar-refractivity contribution < 1.29 is 9.47 Å². The van der Waals surface area contributed by atoms with Gasteiger partial charge in [-0.2, -0.15) is 0 Å². The van der Waals surface area contributed by atoms with Crippen LogP contribution in [0.3, 0.4) is 0 Å². The van der Waals surface area contributed by atoms with Crippen LogP contribution >= 0.6 is 0 Å². The number of nitrogens with zero attached hydrogens (tertiary/aromatic N) is 2. The number of hydrogen-bond acceptors (Lipinski definition) is 4. The molecule has 0 amide bonds. The molecule has 2 aliphatic rings. The van der Waals surface area contributed by atoms with Crippen LogP contribution in [0, 0.1) is 5.92 Å². The summed E-state index contributed by atoms with van der Waals surface area (Å²) in [5.41, 5.74) is 0.0431. The van der Waals surface area contributed by atoms with Crippen LogP contribution < -0.4 is 5.32 Å². The summed E-state index contributed by atoms with van der Waals surface area (Å²) in [5.74, 6) is 1.70. The molecule has 112 valence electrons. The lowest BCUT2D eigenvalue weighted by molar-refractivity contribution is -0.150. The third-order valence-corrected chi connectivity index (χ3v) is 4.85. The lowest BCUT2D eigenvalue weighted by Gasteiger charge is -2.45. The summed E-state index contributed by atoms with van der Waals surface area (Å²) >= 11 is 0. The number of hydrogen-bond donors (Lipinski definition) is 1. The van der Waals surface area contributed by atoms with Crippen molar-refractivity contribution in [2.45, 2.75) is 37.3 Å². The van der Waals surface area contributed by atoms with Crippen molar-refractivity contribution >= 4 is 0 Å². The average molecular weight is 279 g/mol. The number of aryl methyl sites for hydroxylation is 1. The monoisotopic (exact) mass is 279 g/mol. The van der Waals surface area contributed by atoms with Crippen LogP contribution in [-0.2, 0) is 16.5 Å². The van der Waals surface area contributed by atoms with Crippen LogP contribution in [0.2, 0.25) is 0 Å². The van der Waals surface area contributed by atoms with E-state index >= 15 is 0 Å². The molecule has 1 aromatic rings. The van der Waals surface area contributed by atoms with Gasteiger partial charge in [-0.1, -0.05) is 0 Å². The standard InChI is InChI=1S/C15H25N3O2/c1-16-13(14-17-6-7-18(14)2)12-3-8-20-15(11-12)4-9-19-10-5-15/h6-7,12-13,16H,3-5,8-11H2,1-2H3. The molecule has 1 aromatic heterocycles. The van der Waals surface area contributed by atoms with E-state index in [9.17, 15) is 0 Å². The van der Waals surface area contributed by atoms with E-state index in [0.29, 0.717) is 12.0 Å². The Morgan fingerprint density at radius 1 is 1.40 bits per heavy atom. The highest BCUT2D eigenvalue weighted by molar-refractivity contribution is 5.03. The van der Waals surface area contributed by atoms with Crippen LogP contribution in [-0.4, -0.2) is 42.0 Å². The predicted molar refractivity (Wildman–Crippen MR) is 76.5 cm³/mol. The zero-order valence-electron chi connectivity index (χ0n) is 12.5. The molecule has 3 rings (SSSR count). The normalized spacial score (nSPS) is 27.6. The van der Waals surface area contributed by atoms with Crippen molar-refractivity contribution in [3.05, 3.63) is 18.2 Å². The second-order valence-corrected chi connectivity index (χ2v) is 6.06. The van der Waals surface area contributed by atoms with Crippen LogP contribution in [0.5, 0.6) is 0 Å². The summed E-state index contributed by atoms with van der Waals surface area (Å²) in [4.78, 5) is 4.53. The largest absolute Gasteiger partial charge is 0.381 e. The van der Waals surface area contributed by atoms with Crippen LogP contribution in [0.1, 0.15) is 37.5 Å². The van der Waals surface area contributed by atoms with Gasteiger partial charge in [-0.05, 0) is 38.6 Å². The van der Waals surface area contributed by atoms with Crippen LogP contribution in [0.15, 0.2) is 12.4 Å². The van der Waals surface area contributed by atoms with Gasteiger partial charge in [0.2, 0.25) is 0 Å². The Hall–Kier alpha value is -0.910. The quantitative estimate of drug-likeness (QED) is 0.914. The minimum absolute atomic E-state index is 0.0431. The minimum atomic E-state index is 0.0431. The molecular formula is C15H25N3O2. The molecule has 20 heavy (non-hydrogen) atoms. The summed E-state index contributed by atoms with van der Waals surface area (Å²) in [5, 5.41) is 3.47. The van der Waals surface area contributed by atoms with Gasteiger partial charge >= 0.3 is 0 Å². The summed E-state index contributed by atoms with van der Waals surface area (Å²) in [6.07, 6.45) is 8.16. The van der Waals surface area contributed by atoms with E-state index in [1.54, 1.807) is 0 Å². The maximum atomic E-state index is 6.14. The Bertz CT molecular complexity index is 435. The average Bonchev–Trinajstić information content (AvgIpc) is 2.87. The zero-order chi connectivity index (χ0) is 14.0. The lowest BCUT2D eigenvalue weighted by atomic mass is 9.77. The third-order valence-electron chi connectivity index (χ3n) is 4.85. The first-order chi connectivity index (χ1) is 9.74. The highest BCUT2D eigenvalue weighted by Crippen LogP contribution is 2.41. The SMILES string of the molecule is CNC(c1nccn1C)C1CCOC2(CCOCC2)C1. The summed E-state index contributed by atoms with van der Waals surface area (Å²) in [6, 6.07) is 0.304. The van der Waals surface area contributed by atoms with Crippen molar-refractivity contribution in [2.75, 3.05) is 26.9 Å². The molecule has 1 spiro atoms. The van der Waals surface area contributed by atoms with Crippen molar-refractivity contribution in [1.29, 1.82) is 0 Å². The molecule has 0 aromatic carbocycles. The van der Waals surface area contributed by atoms with Gasteiger partial charge in [0.15, 0.2) is 0 Å². The van der Waals surface area contributed by atoms with E-state index in [1.165, 1.54) is 0 Å². The molecule has 2 fully saturated rings. The molecule has 2 aliphatic heterocycles. The van der Waals surface area contributed by atoms with E-state index in [2.05, 4.69) is 21.9 Å². The molecule has 0 aliphatic carbocycles. The van der Waals surface area contributed by atoms with E-state index in [0.717, 1.165) is 51.3 Å². The summed E-state index contributed by atoms with van der Waals surface area (Å²) in [6.45, 7) is 2.52. The Morgan fingerprint density at radius 3 is 2.85 bits per heavy atom. The number of rotatable bonds is 3. The summed E-state index contributed by atoms with van der Waals surface area (Å²) < 4.78 is 13.8. The maximum Gasteiger partial charge on any atom is 0.125 e. The topological polar surface area (TPSA) is 48.3 Å². The molecule has 1 N–H and O–H groups in total. The maximum absolute atomic E-state index is 6.14. The molecular weight excluding hydrogens is 254 g/mol. The smallest absolute Gasteiger partial charge is 0.125 e. The third kappa shape index (κ3) is 2.62. The van der Waals surface area contributed by atoms with Gasteiger partial charge in [-0.25, -0.2) is 4.98 Å². The number of nitrogens with one attached hydrogen (secondary N) is 1. The highest BCUT2D eigenvalue weighted by atomic mass is 16.5. The first kappa shape index (κ1) is 14.0. The summed E-state index contributed by atoms with van der Waals surface area (Å²) in [7, 11) is 4.10. The highest BCUT2D eigenvalue weighted by Gasteiger charge is 2.41. The van der Waals surface area contributed by atoms with Crippen molar-refractivity contribution in [2.24, 2.45) is 13.0 Å². The Balaban J connectivity index is 1.76. The molecule has 0 radical (unpaired) electrons. The molecule has 2 unspecified atom stereocenters. The number of imidazole rings is 1. The molecule has 0 bridgehead atoms. The van der Waals surface area contributed by atoms with Gasteiger partial charge in [0.05, 0.1) is 11.6 Å². The molecule has 2 saturated heterocycles. The van der Waals surface area contributed by atoms with E-state index in [1.807, 2.05) is 19.4 Å². The second kappa shape index (κ2) is 5.84. The number of ether oxygens (including phenoxy) is 2. The van der Waals surface area contributed by atoms with Crippen molar-refractivity contribution in [1.82, 2.24) is 14.9 Å². The van der Waals surface area contributed by atoms with Gasteiger partial charge in [0.25, 0.3) is 0 Å². The Labute approximate surface area is 120 Å². The molecule has 2 atom stereocenters. The van der Waals surface area contributed by atoms with Gasteiger partial charge < -0.3 is 19.4 Å². The zero-order valence-corrected chi connectivity index (χ0v) is 12.5. The van der Waals surface area contributed by atoms with E-state index < -0.39 is 0 Å². The molecule has 5 heteroatoms. The Kier molecular flexibility index (Phi) is 4.10. The fraction of sp³-hybridized carbons (Fsp3) is 0.800. The number of aromatic nitrogens is 2. The van der Waals surface area contributed by atoms with Crippen LogP contribution in [0.4, 0.5) is 0 Å². The molecule has 0 saturated carbocycles. The fourth-order valence-electron chi connectivity index (χ4n) is 3.69. The second-order valence-electron chi connectivity index (χ2n) is 6.06. The first-order valence-electron chi connectivity index (χ1n) is 7.60. The van der Waals surface area contributed by atoms with Crippen LogP contribution in [0.25, 0.3) is 0 Å². The van der Waals surface area contributed by atoms with E-state index in [-0.39, 0.29) is 5.60 Å². The predicted octanol–water partition coefficient (Wildman–Crippen LogP) is 1.66. The molecule has 5 nitrogen and oxygen atoms in total. The molecule has 3 heterocycles. The first-order valence-corrected chi connectivity index (χ1v) is 7.60. The van der Waals surface area contributed by atoms with Crippen molar-refractivity contribution in [3.8, 4) is 0 Å². The van der Waals surface area contributed by atoms with Crippen molar-refractivity contribution in [3.63, 3.8) is 0 Å². The Morgan fingerprint density at radius 2 is 2.20 bits per heavy atom. The van der Waals surface area contributed by atoms with Gasteiger partial charge in [0, 0.05) is 39.3 Å².